The first-order chi connectivity index (χ1) is 7.22. The summed E-state index contributed by atoms with van der Waals surface area (Å²) >= 11 is 1.55. The lowest BCUT2D eigenvalue weighted by atomic mass is 10.4. The molecule has 2 heterocycles. The van der Waals surface area contributed by atoms with Gasteiger partial charge in [-0.3, -0.25) is 0 Å². The van der Waals surface area contributed by atoms with Gasteiger partial charge in [-0.1, -0.05) is 0 Å². The molecule has 0 fully saturated rings. The minimum absolute atomic E-state index is 0.190. The SMILES string of the molecule is COc1ccsc1-c1cnc(C(C)N)o1. The van der Waals surface area contributed by atoms with E-state index in [1.165, 1.54) is 0 Å². The first-order valence-corrected chi connectivity index (χ1v) is 5.43. The summed E-state index contributed by atoms with van der Waals surface area (Å²) in [6.07, 6.45) is 1.67. The normalized spacial score (nSPS) is 12.7. The van der Waals surface area contributed by atoms with Gasteiger partial charge >= 0.3 is 0 Å². The van der Waals surface area contributed by atoms with E-state index in [0.717, 1.165) is 10.6 Å². The van der Waals surface area contributed by atoms with E-state index in [1.54, 1.807) is 24.6 Å². The Labute approximate surface area is 91.7 Å². The number of thiophene rings is 1. The molecule has 0 aliphatic heterocycles. The Morgan fingerprint density at radius 1 is 1.60 bits per heavy atom. The highest BCUT2D eigenvalue weighted by Crippen LogP contribution is 2.35. The first kappa shape index (κ1) is 10.2. The van der Waals surface area contributed by atoms with Gasteiger partial charge in [0.05, 0.1) is 19.3 Å². The minimum atomic E-state index is -0.190. The number of hydrogen-bond acceptors (Lipinski definition) is 5. The molecule has 0 saturated heterocycles. The number of rotatable bonds is 3. The molecule has 5 heteroatoms. The van der Waals surface area contributed by atoms with Gasteiger partial charge in [-0.25, -0.2) is 4.98 Å². The standard InChI is InChI=1S/C10H12N2O2S/c1-6(11)10-12-5-8(14-10)9-7(13-2)3-4-15-9/h3-6H,11H2,1-2H3. The van der Waals surface area contributed by atoms with Gasteiger partial charge < -0.3 is 14.9 Å². The monoisotopic (exact) mass is 224 g/mol. The maximum absolute atomic E-state index is 5.67. The Hall–Kier alpha value is -1.33. The summed E-state index contributed by atoms with van der Waals surface area (Å²) < 4.78 is 10.7. The quantitative estimate of drug-likeness (QED) is 0.869. The molecule has 0 radical (unpaired) electrons. The molecular weight excluding hydrogens is 212 g/mol. The van der Waals surface area contributed by atoms with Gasteiger partial charge in [0.1, 0.15) is 10.6 Å². The number of nitrogens with two attached hydrogens (primary N) is 1. The molecule has 80 valence electrons. The zero-order chi connectivity index (χ0) is 10.8. The van der Waals surface area contributed by atoms with E-state index < -0.39 is 0 Å². The second-order valence-electron chi connectivity index (χ2n) is 3.17. The fourth-order valence-corrected chi connectivity index (χ4v) is 2.05. The summed E-state index contributed by atoms with van der Waals surface area (Å²) in [5.41, 5.74) is 5.67. The van der Waals surface area contributed by atoms with E-state index in [1.807, 2.05) is 18.4 Å². The van der Waals surface area contributed by atoms with E-state index in [-0.39, 0.29) is 6.04 Å². The summed E-state index contributed by atoms with van der Waals surface area (Å²) in [6.45, 7) is 1.83. The van der Waals surface area contributed by atoms with Crippen LogP contribution in [0.5, 0.6) is 5.75 Å². The lowest BCUT2D eigenvalue weighted by molar-refractivity contribution is 0.415. The zero-order valence-electron chi connectivity index (χ0n) is 8.56. The van der Waals surface area contributed by atoms with E-state index in [0.29, 0.717) is 11.7 Å². The van der Waals surface area contributed by atoms with Gasteiger partial charge in [0.2, 0.25) is 5.89 Å². The van der Waals surface area contributed by atoms with Crippen molar-refractivity contribution in [3.05, 3.63) is 23.5 Å². The van der Waals surface area contributed by atoms with Crippen molar-refractivity contribution in [1.29, 1.82) is 0 Å². The van der Waals surface area contributed by atoms with Crippen LogP contribution in [0, 0.1) is 0 Å². The van der Waals surface area contributed by atoms with Crippen LogP contribution in [0.2, 0.25) is 0 Å². The molecule has 0 aliphatic carbocycles. The van der Waals surface area contributed by atoms with Crippen molar-refractivity contribution in [2.45, 2.75) is 13.0 Å². The third-order valence-corrected chi connectivity index (χ3v) is 2.90. The van der Waals surface area contributed by atoms with Crippen molar-refractivity contribution >= 4 is 11.3 Å². The van der Waals surface area contributed by atoms with Crippen LogP contribution < -0.4 is 10.5 Å². The average molecular weight is 224 g/mol. The molecule has 2 aromatic rings. The van der Waals surface area contributed by atoms with Crippen molar-refractivity contribution in [3.8, 4) is 16.4 Å². The van der Waals surface area contributed by atoms with Crippen LogP contribution in [0.25, 0.3) is 10.6 Å². The molecule has 1 unspecified atom stereocenters. The van der Waals surface area contributed by atoms with E-state index in [4.69, 9.17) is 14.9 Å². The molecule has 2 N–H and O–H groups in total. The number of hydrogen-bond donors (Lipinski definition) is 1. The highest BCUT2D eigenvalue weighted by atomic mass is 32.1. The molecule has 0 spiro atoms. The Morgan fingerprint density at radius 3 is 3.00 bits per heavy atom. The molecular formula is C10H12N2O2S. The summed E-state index contributed by atoms with van der Waals surface area (Å²) in [5.74, 6) is 2.04. The average Bonchev–Trinajstić information content (AvgIpc) is 2.85. The van der Waals surface area contributed by atoms with Crippen LogP contribution in [-0.2, 0) is 0 Å². The molecule has 15 heavy (non-hydrogen) atoms. The number of aromatic nitrogens is 1. The number of oxazole rings is 1. The Kier molecular flexibility index (Phi) is 2.75. The van der Waals surface area contributed by atoms with Crippen LogP contribution in [0.3, 0.4) is 0 Å². The maximum atomic E-state index is 5.67. The van der Waals surface area contributed by atoms with Crippen molar-refractivity contribution in [1.82, 2.24) is 4.98 Å². The molecule has 0 bridgehead atoms. The highest BCUT2D eigenvalue weighted by Gasteiger charge is 2.14. The van der Waals surface area contributed by atoms with Crippen LogP contribution in [0.1, 0.15) is 18.9 Å². The number of methoxy groups -OCH3 is 1. The van der Waals surface area contributed by atoms with Crippen molar-refractivity contribution < 1.29 is 9.15 Å². The fraction of sp³-hybridized carbons (Fsp3) is 0.300. The predicted molar refractivity (Wildman–Crippen MR) is 59.0 cm³/mol. The second-order valence-corrected chi connectivity index (χ2v) is 4.09. The van der Waals surface area contributed by atoms with Gasteiger partial charge in [-0.15, -0.1) is 11.3 Å². The number of ether oxygens (including phenoxy) is 1. The molecule has 0 amide bonds. The summed E-state index contributed by atoms with van der Waals surface area (Å²) in [7, 11) is 1.63. The van der Waals surface area contributed by atoms with Crippen molar-refractivity contribution in [2.75, 3.05) is 7.11 Å². The molecule has 0 aromatic carbocycles. The highest BCUT2D eigenvalue weighted by molar-refractivity contribution is 7.13. The van der Waals surface area contributed by atoms with Crippen molar-refractivity contribution in [3.63, 3.8) is 0 Å². The fourth-order valence-electron chi connectivity index (χ4n) is 1.24. The first-order valence-electron chi connectivity index (χ1n) is 4.55. The van der Waals surface area contributed by atoms with Crippen LogP contribution in [-0.4, -0.2) is 12.1 Å². The molecule has 0 aliphatic rings. The number of nitrogens with zero attached hydrogens (tertiary/aromatic N) is 1. The molecule has 0 saturated carbocycles. The predicted octanol–water partition coefficient (Wildman–Crippen LogP) is 2.43. The second kappa shape index (κ2) is 4.04. The van der Waals surface area contributed by atoms with Gasteiger partial charge in [0.25, 0.3) is 0 Å². The third kappa shape index (κ3) is 1.88. The minimum Gasteiger partial charge on any atom is -0.495 e. The van der Waals surface area contributed by atoms with Gasteiger partial charge in [0.15, 0.2) is 5.76 Å². The van der Waals surface area contributed by atoms with Gasteiger partial charge in [-0.2, -0.15) is 0 Å². The molecule has 2 aromatic heterocycles. The smallest absolute Gasteiger partial charge is 0.211 e. The van der Waals surface area contributed by atoms with Crippen LogP contribution in [0.15, 0.2) is 22.1 Å². The molecule has 2 rings (SSSR count). The Morgan fingerprint density at radius 2 is 2.40 bits per heavy atom. The molecule has 4 nitrogen and oxygen atoms in total. The summed E-state index contributed by atoms with van der Waals surface area (Å²) in [5, 5.41) is 1.95. The van der Waals surface area contributed by atoms with Crippen molar-refractivity contribution in [2.24, 2.45) is 5.73 Å². The lowest BCUT2D eigenvalue weighted by Crippen LogP contribution is -2.04. The maximum Gasteiger partial charge on any atom is 0.211 e. The van der Waals surface area contributed by atoms with Gasteiger partial charge in [0, 0.05) is 0 Å². The van der Waals surface area contributed by atoms with E-state index in [2.05, 4.69) is 4.98 Å². The van der Waals surface area contributed by atoms with E-state index in [9.17, 15) is 0 Å². The topological polar surface area (TPSA) is 61.3 Å². The van der Waals surface area contributed by atoms with E-state index >= 15 is 0 Å². The lowest BCUT2D eigenvalue weighted by Gasteiger charge is -1.99. The Balaban J connectivity index is 2.37. The summed E-state index contributed by atoms with van der Waals surface area (Å²) in [6, 6.07) is 1.71. The van der Waals surface area contributed by atoms with Crippen LogP contribution in [0.4, 0.5) is 0 Å². The third-order valence-electron chi connectivity index (χ3n) is 1.99. The van der Waals surface area contributed by atoms with Gasteiger partial charge in [-0.05, 0) is 18.4 Å². The Bertz CT molecular complexity index is 448. The largest absolute Gasteiger partial charge is 0.495 e. The van der Waals surface area contributed by atoms with Crippen LogP contribution >= 0.6 is 11.3 Å². The summed E-state index contributed by atoms with van der Waals surface area (Å²) in [4.78, 5) is 5.05. The molecule has 1 atom stereocenters. The zero-order valence-corrected chi connectivity index (χ0v) is 9.38.